The van der Waals surface area contributed by atoms with Gasteiger partial charge < -0.3 is 9.80 Å². The number of para-hydroxylation sites is 1. The summed E-state index contributed by atoms with van der Waals surface area (Å²) in [6.07, 6.45) is 1.00. The second-order valence-electron chi connectivity index (χ2n) is 6.86. The van der Waals surface area contributed by atoms with Gasteiger partial charge in [0.25, 0.3) is 5.91 Å². The van der Waals surface area contributed by atoms with Crippen LogP contribution < -0.4 is 4.90 Å². The summed E-state index contributed by atoms with van der Waals surface area (Å²) in [6.45, 7) is 8.86. The van der Waals surface area contributed by atoms with Crippen molar-refractivity contribution in [1.29, 1.82) is 0 Å². The third kappa shape index (κ3) is 3.39. The molecule has 1 fully saturated rings. The SMILES string of the molecule is CC(C)CCN1C(=O)/C(=N\N2CCN(C)CC2)c2ccccc21. The van der Waals surface area contributed by atoms with Crippen LogP contribution in [0.25, 0.3) is 0 Å². The zero-order chi connectivity index (χ0) is 16.4. The van der Waals surface area contributed by atoms with Crippen molar-refractivity contribution in [3.8, 4) is 0 Å². The molecule has 0 aliphatic carbocycles. The van der Waals surface area contributed by atoms with E-state index in [0.29, 0.717) is 11.6 Å². The highest BCUT2D eigenvalue weighted by atomic mass is 16.2. The van der Waals surface area contributed by atoms with Crippen LogP contribution >= 0.6 is 0 Å². The van der Waals surface area contributed by atoms with Gasteiger partial charge in [-0.1, -0.05) is 32.0 Å². The molecule has 0 radical (unpaired) electrons. The number of hydrogen-bond donors (Lipinski definition) is 0. The van der Waals surface area contributed by atoms with Crippen molar-refractivity contribution >= 4 is 17.3 Å². The van der Waals surface area contributed by atoms with Gasteiger partial charge in [0, 0.05) is 38.3 Å². The molecule has 23 heavy (non-hydrogen) atoms. The minimum absolute atomic E-state index is 0.0470. The molecule has 1 amide bonds. The van der Waals surface area contributed by atoms with E-state index in [2.05, 4.69) is 25.8 Å². The Morgan fingerprint density at radius 2 is 1.83 bits per heavy atom. The van der Waals surface area contributed by atoms with Gasteiger partial charge in [-0.3, -0.25) is 9.80 Å². The summed E-state index contributed by atoms with van der Waals surface area (Å²) >= 11 is 0. The predicted molar refractivity (Wildman–Crippen MR) is 93.9 cm³/mol. The lowest BCUT2D eigenvalue weighted by Gasteiger charge is -2.30. The molecular weight excluding hydrogens is 288 g/mol. The van der Waals surface area contributed by atoms with Crippen molar-refractivity contribution in [3.63, 3.8) is 0 Å². The summed E-state index contributed by atoms with van der Waals surface area (Å²) in [5.41, 5.74) is 2.58. The van der Waals surface area contributed by atoms with E-state index in [-0.39, 0.29) is 5.91 Å². The number of anilines is 1. The van der Waals surface area contributed by atoms with Crippen LogP contribution in [0, 0.1) is 5.92 Å². The van der Waals surface area contributed by atoms with Gasteiger partial charge in [-0.05, 0) is 25.5 Å². The average molecular weight is 314 g/mol. The standard InChI is InChI=1S/C18H26N4O/c1-14(2)8-9-22-16-7-5-4-6-15(16)17(18(22)23)19-21-12-10-20(3)11-13-21/h4-7,14H,8-13H2,1-3H3/b19-17-. The number of carbonyl (C=O) groups is 1. The summed E-state index contributed by atoms with van der Waals surface area (Å²) in [7, 11) is 2.12. The molecule has 5 nitrogen and oxygen atoms in total. The van der Waals surface area contributed by atoms with Gasteiger partial charge in [-0.15, -0.1) is 0 Å². The maximum atomic E-state index is 12.9. The second-order valence-corrected chi connectivity index (χ2v) is 6.86. The van der Waals surface area contributed by atoms with E-state index in [1.54, 1.807) is 0 Å². The fourth-order valence-electron chi connectivity index (χ4n) is 3.00. The fourth-order valence-corrected chi connectivity index (χ4v) is 3.00. The van der Waals surface area contributed by atoms with Crippen molar-refractivity contribution in [2.75, 3.05) is 44.7 Å². The van der Waals surface area contributed by atoms with E-state index in [0.717, 1.165) is 50.4 Å². The molecular formula is C18H26N4O. The quantitative estimate of drug-likeness (QED) is 0.854. The molecule has 0 saturated carbocycles. The number of benzene rings is 1. The Hall–Kier alpha value is -1.88. The van der Waals surface area contributed by atoms with E-state index in [1.807, 2.05) is 34.2 Å². The van der Waals surface area contributed by atoms with Gasteiger partial charge >= 0.3 is 0 Å². The molecule has 0 unspecified atom stereocenters. The maximum Gasteiger partial charge on any atom is 0.279 e. The molecule has 0 atom stereocenters. The zero-order valence-electron chi connectivity index (χ0n) is 14.3. The molecule has 0 N–H and O–H groups in total. The van der Waals surface area contributed by atoms with Crippen molar-refractivity contribution in [2.45, 2.75) is 20.3 Å². The first-order chi connectivity index (χ1) is 11.1. The molecule has 0 bridgehead atoms. The third-order valence-corrected chi connectivity index (χ3v) is 4.55. The molecule has 124 valence electrons. The molecule has 2 aliphatic rings. The monoisotopic (exact) mass is 314 g/mol. The Kier molecular flexibility index (Phi) is 4.66. The fraction of sp³-hybridized carbons (Fsp3) is 0.556. The van der Waals surface area contributed by atoms with E-state index in [1.165, 1.54) is 0 Å². The summed E-state index contributed by atoms with van der Waals surface area (Å²) in [4.78, 5) is 17.1. The molecule has 1 aromatic rings. The lowest BCUT2D eigenvalue weighted by atomic mass is 10.1. The number of hydrazone groups is 1. The topological polar surface area (TPSA) is 39.2 Å². The lowest BCUT2D eigenvalue weighted by Crippen LogP contribution is -2.43. The molecule has 0 spiro atoms. The number of carbonyl (C=O) groups excluding carboxylic acids is 1. The summed E-state index contributed by atoms with van der Waals surface area (Å²) in [5, 5.41) is 6.74. The maximum absolute atomic E-state index is 12.9. The average Bonchev–Trinajstić information content (AvgIpc) is 2.80. The molecule has 0 aromatic heterocycles. The molecule has 1 saturated heterocycles. The summed E-state index contributed by atoms with van der Waals surface area (Å²) in [5.74, 6) is 0.624. The van der Waals surface area contributed by atoms with Gasteiger partial charge in [0.1, 0.15) is 0 Å². The number of piperazine rings is 1. The van der Waals surface area contributed by atoms with E-state index >= 15 is 0 Å². The Morgan fingerprint density at radius 3 is 2.52 bits per heavy atom. The first kappa shape index (κ1) is 16.0. The highest BCUT2D eigenvalue weighted by Gasteiger charge is 2.34. The van der Waals surface area contributed by atoms with E-state index in [9.17, 15) is 4.79 Å². The first-order valence-corrected chi connectivity index (χ1v) is 8.49. The lowest BCUT2D eigenvalue weighted by molar-refractivity contribution is -0.112. The van der Waals surface area contributed by atoms with Crippen molar-refractivity contribution < 1.29 is 4.79 Å². The van der Waals surface area contributed by atoms with Crippen LogP contribution in [0.2, 0.25) is 0 Å². The van der Waals surface area contributed by atoms with Crippen molar-refractivity contribution in [3.05, 3.63) is 29.8 Å². The summed E-state index contributed by atoms with van der Waals surface area (Å²) < 4.78 is 0. The van der Waals surface area contributed by atoms with Gasteiger partial charge in [0.2, 0.25) is 0 Å². The number of fused-ring (bicyclic) bond motifs is 1. The van der Waals surface area contributed by atoms with Crippen LogP contribution in [-0.2, 0) is 4.79 Å². The minimum atomic E-state index is 0.0470. The van der Waals surface area contributed by atoms with Crippen LogP contribution in [0.5, 0.6) is 0 Å². The Labute approximate surface area is 138 Å². The van der Waals surface area contributed by atoms with E-state index < -0.39 is 0 Å². The predicted octanol–water partition coefficient (Wildman–Crippen LogP) is 2.03. The summed E-state index contributed by atoms with van der Waals surface area (Å²) in [6, 6.07) is 8.02. The largest absolute Gasteiger partial charge is 0.306 e. The Bertz CT molecular complexity index is 603. The molecule has 5 heteroatoms. The number of amides is 1. The molecule has 2 heterocycles. The smallest absolute Gasteiger partial charge is 0.279 e. The highest BCUT2D eigenvalue weighted by Crippen LogP contribution is 2.30. The van der Waals surface area contributed by atoms with Crippen LogP contribution in [-0.4, -0.2) is 61.3 Å². The molecule has 1 aromatic carbocycles. The number of rotatable bonds is 4. The van der Waals surface area contributed by atoms with E-state index in [4.69, 9.17) is 5.10 Å². The number of likely N-dealkylation sites (N-methyl/N-ethyl adjacent to an activating group) is 1. The Morgan fingerprint density at radius 1 is 1.13 bits per heavy atom. The van der Waals surface area contributed by atoms with Crippen LogP contribution in [0.3, 0.4) is 0 Å². The molecule has 3 rings (SSSR count). The van der Waals surface area contributed by atoms with Gasteiger partial charge in [0.05, 0.1) is 5.69 Å². The zero-order valence-corrected chi connectivity index (χ0v) is 14.3. The third-order valence-electron chi connectivity index (χ3n) is 4.55. The second kappa shape index (κ2) is 6.71. The van der Waals surface area contributed by atoms with Crippen molar-refractivity contribution in [2.24, 2.45) is 11.0 Å². The van der Waals surface area contributed by atoms with Gasteiger partial charge in [0.15, 0.2) is 5.71 Å². The molecule has 2 aliphatic heterocycles. The van der Waals surface area contributed by atoms with Crippen molar-refractivity contribution in [1.82, 2.24) is 9.91 Å². The highest BCUT2D eigenvalue weighted by molar-refractivity contribution is 6.54. The number of nitrogens with zero attached hydrogens (tertiary/aromatic N) is 4. The first-order valence-electron chi connectivity index (χ1n) is 8.49. The van der Waals surface area contributed by atoms with Gasteiger partial charge in [-0.25, -0.2) is 0 Å². The van der Waals surface area contributed by atoms with Crippen LogP contribution in [0.15, 0.2) is 29.4 Å². The Balaban J connectivity index is 1.85. The van der Waals surface area contributed by atoms with Crippen LogP contribution in [0.1, 0.15) is 25.8 Å². The number of hydrogen-bond acceptors (Lipinski definition) is 4. The normalized spacial score (nSPS) is 20.7. The van der Waals surface area contributed by atoms with Crippen LogP contribution in [0.4, 0.5) is 5.69 Å². The van der Waals surface area contributed by atoms with Gasteiger partial charge in [-0.2, -0.15) is 5.10 Å². The minimum Gasteiger partial charge on any atom is -0.306 e.